The van der Waals surface area contributed by atoms with Gasteiger partial charge in [-0.05, 0) is 47.9 Å². The molecule has 0 aliphatic rings. The lowest BCUT2D eigenvalue weighted by molar-refractivity contribution is -0.137. The summed E-state index contributed by atoms with van der Waals surface area (Å²) in [6.45, 7) is 4.06. The Bertz CT molecular complexity index is 936. The van der Waals surface area contributed by atoms with Crippen molar-refractivity contribution in [3.63, 3.8) is 0 Å². The molecular formula is C20H18F4N4. The Morgan fingerprint density at radius 2 is 1.43 bits per heavy atom. The zero-order valence-electron chi connectivity index (χ0n) is 15.2. The number of benzene rings is 2. The van der Waals surface area contributed by atoms with Crippen LogP contribution in [-0.2, 0) is 6.18 Å². The van der Waals surface area contributed by atoms with Gasteiger partial charge >= 0.3 is 6.18 Å². The van der Waals surface area contributed by atoms with Gasteiger partial charge in [-0.1, -0.05) is 26.0 Å². The summed E-state index contributed by atoms with van der Waals surface area (Å²) >= 11 is 0. The molecule has 0 fully saturated rings. The number of nitrogens with one attached hydrogen (secondary N) is 2. The van der Waals surface area contributed by atoms with Crippen molar-refractivity contribution in [3.05, 3.63) is 71.7 Å². The molecule has 0 saturated carbocycles. The van der Waals surface area contributed by atoms with Gasteiger partial charge in [0, 0.05) is 17.6 Å². The van der Waals surface area contributed by atoms with Gasteiger partial charge < -0.3 is 10.6 Å². The molecule has 28 heavy (non-hydrogen) atoms. The van der Waals surface area contributed by atoms with E-state index in [4.69, 9.17) is 0 Å². The van der Waals surface area contributed by atoms with Gasteiger partial charge in [-0.2, -0.15) is 18.2 Å². The van der Waals surface area contributed by atoms with Gasteiger partial charge in [0.1, 0.15) is 17.2 Å². The Morgan fingerprint density at radius 1 is 0.857 bits per heavy atom. The molecule has 8 heteroatoms. The van der Waals surface area contributed by atoms with Gasteiger partial charge in [0.05, 0.1) is 0 Å². The van der Waals surface area contributed by atoms with Crippen LogP contribution in [0.25, 0.3) is 0 Å². The average Bonchev–Trinajstić information content (AvgIpc) is 2.63. The number of nitrogens with zero attached hydrogens (tertiary/aromatic N) is 2. The van der Waals surface area contributed by atoms with E-state index in [1.807, 2.05) is 26.0 Å². The molecule has 0 amide bonds. The summed E-state index contributed by atoms with van der Waals surface area (Å²) in [6, 6.07) is 12.4. The second-order valence-corrected chi connectivity index (χ2v) is 6.49. The maximum absolute atomic E-state index is 13.3. The number of aromatic nitrogens is 2. The Kier molecular flexibility index (Phi) is 5.48. The number of hydrogen-bond donors (Lipinski definition) is 2. The van der Waals surface area contributed by atoms with E-state index in [0.717, 1.165) is 5.56 Å². The lowest BCUT2D eigenvalue weighted by atomic mass is 10.0. The van der Waals surface area contributed by atoms with Crippen molar-refractivity contribution in [2.45, 2.75) is 25.9 Å². The van der Waals surface area contributed by atoms with E-state index in [1.165, 1.54) is 24.3 Å². The summed E-state index contributed by atoms with van der Waals surface area (Å²) in [7, 11) is 0. The Labute approximate surface area is 159 Å². The molecule has 0 aliphatic carbocycles. The van der Waals surface area contributed by atoms with Crippen LogP contribution in [0, 0.1) is 5.82 Å². The normalized spacial score (nSPS) is 11.5. The fraction of sp³-hybridized carbons (Fsp3) is 0.200. The zero-order valence-corrected chi connectivity index (χ0v) is 15.2. The van der Waals surface area contributed by atoms with Crippen molar-refractivity contribution < 1.29 is 17.6 Å². The molecular weight excluding hydrogens is 372 g/mol. The van der Waals surface area contributed by atoms with Crippen LogP contribution in [0.4, 0.5) is 40.7 Å². The van der Waals surface area contributed by atoms with E-state index in [0.29, 0.717) is 23.5 Å². The van der Waals surface area contributed by atoms with E-state index >= 15 is 0 Å². The predicted molar refractivity (Wildman–Crippen MR) is 101 cm³/mol. The van der Waals surface area contributed by atoms with Crippen LogP contribution in [0.15, 0.2) is 54.7 Å². The van der Waals surface area contributed by atoms with Gasteiger partial charge in [0.15, 0.2) is 0 Å². The van der Waals surface area contributed by atoms with Crippen molar-refractivity contribution in [2.75, 3.05) is 10.6 Å². The number of rotatable bonds is 5. The highest BCUT2D eigenvalue weighted by molar-refractivity contribution is 5.63. The van der Waals surface area contributed by atoms with Crippen LogP contribution < -0.4 is 10.6 Å². The molecule has 2 aromatic carbocycles. The lowest BCUT2D eigenvalue weighted by Gasteiger charge is -2.15. The molecule has 0 aliphatic heterocycles. The first-order chi connectivity index (χ1) is 13.2. The first-order valence-electron chi connectivity index (χ1n) is 8.56. The molecule has 0 atom stereocenters. The van der Waals surface area contributed by atoms with E-state index in [-0.39, 0.29) is 11.8 Å². The van der Waals surface area contributed by atoms with Gasteiger partial charge in [-0.25, -0.2) is 9.37 Å². The maximum atomic E-state index is 13.3. The molecule has 146 valence electrons. The highest BCUT2D eigenvalue weighted by atomic mass is 19.4. The van der Waals surface area contributed by atoms with E-state index in [9.17, 15) is 17.6 Å². The third-order valence-corrected chi connectivity index (χ3v) is 4.03. The van der Waals surface area contributed by atoms with Crippen LogP contribution in [-0.4, -0.2) is 9.97 Å². The average molecular weight is 390 g/mol. The Balaban J connectivity index is 1.90. The molecule has 2 N–H and O–H groups in total. The van der Waals surface area contributed by atoms with Gasteiger partial charge in [-0.3, -0.25) is 0 Å². The zero-order chi connectivity index (χ0) is 20.3. The Morgan fingerprint density at radius 3 is 2.00 bits per heavy atom. The molecule has 1 aromatic heterocycles. The molecule has 3 aromatic rings. The maximum Gasteiger partial charge on any atom is 0.421 e. The second kappa shape index (κ2) is 7.84. The minimum atomic E-state index is -4.62. The first-order valence-corrected chi connectivity index (χ1v) is 8.56. The molecule has 3 rings (SSSR count). The van der Waals surface area contributed by atoms with Gasteiger partial charge in [0.2, 0.25) is 5.95 Å². The number of anilines is 4. The topological polar surface area (TPSA) is 49.8 Å². The monoisotopic (exact) mass is 390 g/mol. The van der Waals surface area contributed by atoms with Crippen LogP contribution in [0.3, 0.4) is 0 Å². The quantitative estimate of drug-likeness (QED) is 0.506. The van der Waals surface area contributed by atoms with Gasteiger partial charge in [0.25, 0.3) is 0 Å². The van der Waals surface area contributed by atoms with Crippen LogP contribution >= 0.6 is 0 Å². The van der Waals surface area contributed by atoms with Crippen LogP contribution in [0.5, 0.6) is 0 Å². The second-order valence-electron chi connectivity index (χ2n) is 6.49. The van der Waals surface area contributed by atoms with E-state index in [1.54, 1.807) is 12.1 Å². The fourth-order valence-corrected chi connectivity index (χ4v) is 2.50. The molecule has 0 radical (unpaired) electrons. The minimum absolute atomic E-state index is 0.0408. The fourth-order valence-electron chi connectivity index (χ4n) is 2.50. The largest absolute Gasteiger partial charge is 0.421 e. The third kappa shape index (κ3) is 4.76. The summed E-state index contributed by atoms with van der Waals surface area (Å²) in [5.74, 6) is -0.526. The lowest BCUT2D eigenvalue weighted by Crippen LogP contribution is -2.12. The summed E-state index contributed by atoms with van der Waals surface area (Å²) in [5.41, 5.74) is 1.02. The van der Waals surface area contributed by atoms with Crippen molar-refractivity contribution in [3.8, 4) is 0 Å². The molecule has 4 nitrogen and oxygen atoms in total. The van der Waals surface area contributed by atoms with Crippen molar-refractivity contribution in [1.82, 2.24) is 9.97 Å². The van der Waals surface area contributed by atoms with Crippen LogP contribution in [0.2, 0.25) is 0 Å². The molecule has 0 spiro atoms. The predicted octanol–water partition coefficient (Wildman–Crippen LogP) is 6.25. The minimum Gasteiger partial charge on any atom is -0.340 e. The van der Waals surface area contributed by atoms with Gasteiger partial charge in [-0.15, -0.1) is 0 Å². The summed E-state index contributed by atoms with van der Waals surface area (Å²) in [4.78, 5) is 7.69. The highest BCUT2D eigenvalue weighted by Gasteiger charge is 2.35. The van der Waals surface area contributed by atoms with Crippen molar-refractivity contribution in [1.29, 1.82) is 0 Å². The summed E-state index contributed by atoms with van der Waals surface area (Å²) in [6.07, 6.45) is -3.90. The van der Waals surface area contributed by atoms with E-state index in [2.05, 4.69) is 20.6 Å². The van der Waals surface area contributed by atoms with Crippen molar-refractivity contribution >= 4 is 23.1 Å². The Hall–Kier alpha value is -3.16. The number of alkyl halides is 3. The standard InChI is InChI=1S/C20H18F4N4/c1-12(2)13-3-7-15(8-4-13)26-18-17(20(22,23)24)11-25-19(28-18)27-16-9-5-14(21)6-10-16/h3-12H,1-2H3,(H2,25,26,27,28). The summed E-state index contributed by atoms with van der Waals surface area (Å²) < 4.78 is 53.0. The highest BCUT2D eigenvalue weighted by Crippen LogP contribution is 2.35. The smallest absolute Gasteiger partial charge is 0.340 e. The number of hydrogen-bond acceptors (Lipinski definition) is 4. The number of halogens is 4. The molecule has 1 heterocycles. The SMILES string of the molecule is CC(C)c1ccc(Nc2nc(Nc3ccc(F)cc3)ncc2C(F)(F)F)cc1. The molecule has 0 saturated heterocycles. The molecule has 0 bridgehead atoms. The summed E-state index contributed by atoms with van der Waals surface area (Å²) in [5, 5.41) is 5.47. The molecule has 0 unspecified atom stereocenters. The first kappa shape index (κ1) is 19.6. The van der Waals surface area contributed by atoms with Crippen LogP contribution in [0.1, 0.15) is 30.9 Å². The third-order valence-electron chi connectivity index (χ3n) is 4.03. The van der Waals surface area contributed by atoms with Crippen molar-refractivity contribution in [2.24, 2.45) is 0 Å². The van der Waals surface area contributed by atoms with E-state index < -0.39 is 17.6 Å².